The molecule has 0 aliphatic heterocycles. The summed E-state index contributed by atoms with van der Waals surface area (Å²) in [5.41, 5.74) is 6.65. The summed E-state index contributed by atoms with van der Waals surface area (Å²) in [4.78, 5) is 9.73. The van der Waals surface area contributed by atoms with Crippen molar-refractivity contribution in [2.24, 2.45) is 5.73 Å². The van der Waals surface area contributed by atoms with E-state index in [1.165, 1.54) is 12.1 Å². The predicted octanol–water partition coefficient (Wildman–Crippen LogP) is 2.15. The van der Waals surface area contributed by atoms with E-state index in [-0.39, 0.29) is 11.9 Å². The number of hydrogen-bond acceptors (Lipinski definition) is 4. The van der Waals surface area contributed by atoms with E-state index in [0.717, 1.165) is 5.57 Å². The highest BCUT2D eigenvalue weighted by atomic mass is 16.6. The van der Waals surface area contributed by atoms with Crippen molar-refractivity contribution in [2.75, 3.05) is 0 Å². The lowest BCUT2D eigenvalue weighted by Crippen LogP contribution is -2.09. The van der Waals surface area contributed by atoms with Gasteiger partial charge in [-0.25, -0.2) is 0 Å². The Morgan fingerprint density at radius 2 is 2.43 bits per heavy atom. The van der Waals surface area contributed by atoms with Crippen LogP contribution < -0.4 is 5.73 Å². The molecule has 0 unspecified atom stereocenters. The third-order valence-electron chi connectivity index (χ3n) is 1.73. The van der Waals surface area contributed by atoms with Crippen LogP contribution >= 0.6 is 0 Å². The average molecular weight is 196 g/mol. The highest BCUT2D eigenvalue weighted by molar-refractivity contribution is 5.20. The van der Waals surface area contributed by atoms with E-state index in [1.54, 1.807) is 0 Å². The normalized spacial score (nSPS) is 12.4. The number of nitrogens with two attached hydrogens (primary N) is 1. The van der Waals surface area contributed by atoms with E-state index in [2.05, 4.69) is 6.58 Å². The van der Waals surface area contributed by atoms with E-state index < -0.39 is 4.92 Å². The van der Waals surface area contributed by atoms with Crippen LogP contribution in [0.1, 0.15) is 25.1 Å². The van der Waals surface area contributed by atoms with Gasteiger partial charge in [0.2, 0.25) is 0 Å². The molecule has 1 aromatic rings. The zero-order chi connectivity index (χ0) is 10.7. The molecule has 0 saturated heterocycles. The number of hydrogen-bond donors (Lipinski definition) is 1. The molecule has 1 heterocycles. The van der Waals surface area contributed by atoms with Crippen molar-refractivity contribution >= 4 is 5.88 Å². The molecule has 14 heavy (non-hydrogen) atoms. The Kier molecular flexibility index (Phi) is 3.03. The molecular weight excluding hydrogens is 184 g/mol. The molecule has 1 aromatic heterocycles. The van der Waals surface area contributed by atoms with Crippen molar-refractivity contribution in [3.63, 3.8) is 0 Å². The van der Waals surface area contributed by atoms with Crippen LogP contribution in [0.15, 0.2) is 28.7 Å². The van der Waals surface area contributed by atoms with Gasteiger partial charge in [-0.3, -0.25) is 10.1 Å². The first-order valence-electron chi connectivity index (χ1n) is 4.15. The fourth-order valence-electron chi connectivity index (χ4n) is 1.12. The molecule has 1 atom stereocenters. The molecule has 1 rings (SSSR count). The van der Waals surface area contributed by atoms with Gasteiger partial charge in [0.1, 0.15) is 10.7 Å². The molecule has 0 radical (unpaired) electrons. The molecular formula is C9H12N2O3. The van der Waals surface area contributed by atoms with Gasteiger partial charge in [-0.2, -0.15) is 0 Å². The summed E-state index contributed by atoms with van der Waals surface area (Å²) in [5.74, 6) is 0.136. The van der Waals surface area contributed by atoms with E-state index in [9.17, 15) is 10.1 Å². The lowest BCUT2D eigenvalue weighted by Gasteiger charge is -2.06. The Balaban J connectivity index is 2.76. The fraction of sp³-hybridized carbons (Fsp3) is 0.333. The Hall–Kier alpha value is -1.62. The van der Waals surface area contributed by atoms with Gasteiger partial charge in [0.15, 0.2) is 0 Å². The summed E-state index contributed by atoms with van der Waals surface area (Å²) in [5, 5.41) is 10.3. The third-order valence-corrected chi connectivity index (χ3v) is 1.73. The fourth-order valence-corrected chi connectivity index (χ4v) is 1.12. The first-order valence-corrected chi connectivity index (χ1v) is 4.15. The highest BCUT2D eigenvalue weighted by Crippen LogP contribution is 2.23. The quantitative estimate of drug-likeness (QED) is 0.454. The van der Waals surface area contributed by atoms with E-state index in [4.69, 9.17) is 10.2 Å². The maximum Gasteiger partial charge on any atom is 0.433 e. The lowest BCUT2D eigenvalue weighted by molar-refractivity contribution is -0.402. The molecule has 5 nitrogen and oxygen atoms in total. The molecule has 0 spiro atoms. The molecule has 5 heteroatoms. The summed E-state index contributed by atoms with van der Waals surface area (Å²) in [6, 6.07) is 2.46. The number of nitrogens with zero attached hydrogens (tertiary/aromatic N) is 1. The van der Waals surface area contributed by atoms with Crippen LogP contribution in [0.3, 0.4) is 0 Å². The lowest BCUT2D eigenvalue weighted by atomic mass is 10.1. The summed E-state index contributed by atoms with van der Waals surface area (Å²) in [7, 11) is 0. The molecule has 0 aliphatic carbocycles. The van der Waals surface area contributed by atoms with Gasteiger partial charge < -0.3 is 10.2 Å². The van der Waals surface area contributed by atoms with Crippen LogP contribution in [0.5, 0.6) is 0 Å². The summed E-state index contributed by atoms with van der Waals surface area (Å²) in [6.45, 7) is 5.55. The van der Waals surface area contributed by atoms with Crippen molar-refractivity contribution in [1.82, 2.24) is 0 Å². The summed E-state index contributed by atoms with van der Waals surface area (Å²) >= 11 is 0. The first-order chi connectivity index (χ1) is 6.50. The zero-order valence-electron chi connectivity index (χ0n) is 7.90. The predicted molar refractivity (Wildman–Crippen MR) is 51.7 cm³/mol. The van der Waals surface area contributed by atoms with Crippen LogP contribution in [-0.2, 0) is 0 Å². The first kappa shape index (κ1) is 10.5. The largest absolute Gasteiger partial charge is 0.433 e. The third kappa shape index (κ3) is 2.43. The van der Waals surface area contributed by atoms with Crippen LogP contribution in [0.25, 0.3) is 0 Å². The minimum absolute atomic E-state index is 0.280. The van der Waals surface area contributed by atoms with Crippen LogP contribution in [0.4, 0.5) is 5.88 Å². The summed E-state index contributed by atoms with van der Waals surface area (Å²) in [6.07, 6.45) is 0.560. The standard InChI is InChI=1S/C9H12N2O3/c1-6(2)5-7(10)8-3-4-9(14-8)11(12)13/h3-4,7H,1,5,10H2,2H3/t7-/m0/s1. The van der Waals surface area contributed by atoms with Gasteiger partial charge >= 0.3 is 5.88 Å². The van der Waals surface area contributed by atoms with Gasteiger partial charge in [-0.15, -0.1) is 6.58 Å². The Morgan fingerprint density at radius 3 is 2.86 bits per heavy atom. The van der Waals surface area contributed by atoms with Crippen molar-refractivity contribution in [3.8, 4) is 0 Å². The van der Waals surface area contributed by atoms with E-state index in [0.29, 0.717) is 12.2 Å². The molecule has 0 amide bonds. The van der Waals surface area contributed by atoms with Crippen molar-refractivity contribution in [1.29, 1.82) is 0 Å². The molecule has 0 aliphatic rings. The van der Waals surface area contributed by atoms with E-state index >= 15 is 0 Å². The van der Waals surface area contributed by atoms with Crippen molar-refractivity contribution in [2.45, 2.75) is 19.4 Å². The van der Waals surface area contributed by atoms with Crippen LogP contribution in [0.2, 0.25) is 0 Å². The van der Waals surface area contributed by atoms with Gasteiger partial charge in [0.25, 0.3) is 0 Å². The zero-order valence-corrected chi connectivity index (χ0v) is 7.90. The molecule has 0 fully saturated rings. The molecule has 2 N–H and O–H groups in total. The average Bonchev–Trinajstić information content (AvgIpc) is 2.50. The monoisotopic (exact) mass is 196 g/mol. The van der Waals surface area contributed by atoms with Gasteiger partial charge in [-0.05, 0) is 19.4 Å². The SMILES string of the molecule is C=C(C)C[C@H](N)c1ccc([N+](=O)[O-])o1. The molecule has 76 valence electrons. The second-order valence-electron chi connectivity index (χ2n) is 3.20. The topological polar surface area (TPSA) is 82.3 Å². The highest BCUT2D eigenvalue weighted by Gasteiger charge is 2.16. The van der Waals surface area contributed by atoms with Crippen LogP contribution in [-0.4, -0.2) is 4.92 Å². The van der Waals surface area contributed by atoms with Crippen molar-refractivity contribution < 1.29 is 9.34 Å². The number of furan rings is 1. The Morgan fingerprint density at radius 1 is 1.79 bits per heavy atom. The van der Waals surface area contributed by atoms with Gasteiger partial charge in [-0.1, -0.05) is 5.57 Å². The maximum absolute atomic E-state index is 10.3. The van der Waals surface area contributed by atoms with Gasteiger partial charge in [0.05, 0.1) is 12.1 Å². The minimum atomic E-state index is -0.586. The second-order valence-corrected chi connectivity index (χ2v) is 3.20. The van der Waals surface area contributed by atoms with Crippen LogP contribution in [0, 0.1) is 10.1 Å². The Labute approximate surface area is 81.4 Å². The van der Waals surface area contributed by atoms with E-state index in [1.807, 2.05) is 6.92 Å². The van der Waals surface area contributed by atoms with Gasteiger partial charge in [0, 0.05) is 0 Å². The number of nitro groups is 1. The summed E-state index contributed by atoms with van der Waals surface area (Å²) < 4.78 is 4.94. The smallest absolute Gasteiger partial charge is 0.404 e. The molecule has 0 saturated carbocycles. The van der Waals surface area contributed by atoms with Crippen molar-refractivity contribution in [3.05, 3.63) is 40.2 Å². The molecule has 0 aromatic carbocycles. The second kappa shape index (κ2) is 4.06. The Bertz CT molecular complexity index is 357. The maximum atomic E-state index is 10.3. The molecule has 0 bridgehead atoms. The minimum Gasteiger partial charge on any atom is -0.404 e. The number of rotatable bonds is 4.